The van der Waals surface area contributed by atoms with E-state index in [9.17, 15) is 34.1 Å². The Morgan fingerprint density at radius 1 is 1.15 bits per heavy atom. The first-order valence-electron chi connectivity index (χ1n) is 13.9. The van der Waals surface area contributed by atoms with Crippen molar-refractivity contribution in [3.63, 3.8) is 0 Å². The number of carbonyl (C=O) groups excluding carboxylic acids is 1. The van der Waals surface area contributed by atoms with Gasteiger partial charge in [-0.05, 0) is 6.07 Å². The number of aliphatic hydroxyl groups excluding tert-OH is 3. The van der Waals surface area contributed by atoms with E-state index < -0.39 is 83.8 Å². The van der Waals surface area contributed by atoms with Crippen molar-refractivity contribution in [2.24, 2.45) is 5.73 Å². The van der Waals surface area contributed by atoms with Gasteiger partial charge in [0.25, 0.3) is 20.0 Å². The highest BCUT2D eigenvalue weighted by molar-refractivity contribution is 7.61. The smallest absolute Gasteiger partial charge is 0.481 e. The van der Waals surface area contributed by atoms with Crippen LogP contribution < -0.4 is 20.9 Å². The quantitative estimate of drug-likeness (QED) is 0.0664. The van der Waals surface area contributed by atoms with Crippen molar-refractivity contribution < 1.29 is 70.8 Å². The first-order chi connectivity index (χ1) is 22.8. The van der Waals surface area contributed by atoms with E-state index in [0.29, 0.717) is 0 Å². The molecular weight excluding hydrogens is 684 g/mol. The molecule has 2 aliphatic rings. The van der Waals surface area contributed by atoms with Gasteiger partial charge in [-0.3, -0.25) is 23.0 Å². The van der Waals surface area contributed by atoms with Gasteiger partial charge in [-0.1, -0.05) is 5.92 Å². The van der Waals surface area contributed by atoms with Gasteiger partial charge in [0.1, 0.15) is 54.5 Å². The molecule has 0 aliphatic carbocycles. The molecule has 260 valence electrons. The number of nitrogen functional groups attached to an aromatic ring is 1. The van der Waals surface area contributed by atoms with Crippen LogP contribution in [0.15, 0.2) is 37.2 Å². The first-order valence-corrected chi connectivity index (χ1v) is 16.8. The lowest BCUT2D eigenvalue weighted by Crippen LogP contribution is -2.47. The number of imidazole rings is 1. The molecule has 48 heavy (non-hydrogen) atoms. The molecule has 2 unspecified atom stereocenters. The van der Waals surface area contributed by atoms with E-state index in [0.717, 1.165) is 13.4 Å². The van der Waals surface area contributed by atoms with Gasteiger partial charge in [0.15, 0.2) is 36.2 Å². The highest BCUT2D eigenvalue weighted by Gasteiger charge is 2.51. The van der Waals surface area contributed by atoms with Gasteiger partial charge in [0, 0.05) is 13.2 Å². The number of ether oxygens (including phenoxy) is 3. The number of aliphatic hydroxyl groups is 3. The number of fused-ring (bicyclic) bond motifs is 1. The second-order valence-electron chi connectivity index (χ2n) is 10.3. The summed E-state index contributed by atoms with van der Waals surface area (Å²) in [5.74, 6) is 1.58. The Bertz CT molecular complexity index is 1770. The Morgan fingerprint density at radius 3 is 2.58 bits per heavy atom. The molecule has 0 radical (unpaired) electrons. The number of nitrogens with two attached hydrogens (primary N) is 2. The second-order valence-corrected chi connectivity index (χ2v) is 13.6. The number of terminal acetylenes is 1. The third-order valence-corrected chi connectivity index (χ3v) is 10.3. The van der Waals surface area contributed by atoms with Gasteiger partial charge in [-0.15, -0.1) is 6.42 Å². The molecule has 1 amide bonds. The van der Waals surface area contributed by atoms with Crippen LogP contribution in [0.25, 0.3) is 11.2 Å². The molecule has 2 fully saturated rings. The van der Waals surface area contributed by atoms with E-state index in [-0.39, 0.29) is 29.2 Å². The van der Waals surface area contributed by atoms with Crippen LogP contribution >= 0.6 is 15.6 Å². The summed E-state index contributed by atoms with van der Waals surface area (Å²) in [7, 11) is -9.64. The van der Waals surface area contributed by atoms with Crippen LogP contribution in [0.1, 0.15) is 22.8 Å². The van der Waals surface area contributed by atoms with E-state index in [1.54, 1.807) is 0 Å². The third kappa shape index (κ3) is 7.56. The maximum absolute atomic E-state index is 13.1. The molecule has 3 aromatic rings. The van der Waals surface area contributed by atoms with Gasteiger partial charge in [0.05, 0.1) is 19.5 Å². The molecule has 0 spiro atoms. The predicted octanol–water partition coefficient (Wildman–Crippen LogP) is -2.34. The number of hydrogen-bond donors (Lipinski definition) is 5. The minimum atomic E-state index is -5.52. The number of carbonyl (C=O) groups is 1. The van der Waals surface area contributed by atoms with Crippen LogP contribution in [0.2, 0.25) is 0 Å². The van der Waals surface area contributed by atoms with Crippen molar-refractivity contribution in [3.8, 4) is 12.3 Å². The van der Waals surface area contributed by atoms with Gasteiger partial charge in [-0.25, -0.2) is 23.8 Å². The van der Waals surface area contributed by atoms with Crippen molar-refractivity contribution in [2.45, 2.75) is 49.1 Å². The van der Waals surface area contributed by atoms with E-state index in [1.807, 2.05) is 0 Å². The van der Waals surface area contributed by atoms with Gasteiger partial charge in [-0.2, -0.15) is 4.57 Å². The number of phosphoric ester groups is 2. The Balaban J connectivity index is 1.21. The molecule has 0 aromatic carbocycles. The Hall–Kier alpha value is -3.45. The maximum atomic E-state index is 13.1. The molecule has 0 saturated carbocycles. The SMILES string of the molecule is C#CCO[C@@H]1[C@H](O)[C@@H](COP(=O)(OC)OP(=O)([O-])OC[C@H]2O[C@@H](n3cnc4c(N)ncnc43)[C@H](O)[C@@H]2O)O[C@H]1[n+]1cccc(C(N)=O)c1. The normalized spacial score (nSPS) is 29.8. The number of nitrogens with zero attached hydrogens (tertiary/aromatic N) is 5. The molecule has 23 heteroatoms. The summed E-state index contributed by atoms with van der Waals surface area (Å²) in [5, 5.41) is 32.0. The number of anilines is 1. The zero-order valence-corrected chi connectivity index (χ0v) is 26.7. The lowest BCUT2D eigenvalue weighted by Gasteiger charge is -2.28. The summed E-state index contributed by atoms with van der Waals surface area (Å²) >= 11 is 0. The first kappa shape index (κ1) is 35.8. The standard InChI is InChI=1S/C25H31N7O14P2/c1-3-7-41-20-18(34)15(45-25(20)31-6-4-5-13(8-31)22(27)36)10-43-48(39,40-2)46-47(37,38)42-9-14-17(33)19(35)24(44-14)32-12-30-16-21(26)28-11-29-23(16)32/h1,4-6,8,11-12,14-15,17-20,24-25,33-35H,7,9-10H2,2H3,(H4-,26,27,28,29,36,37,38)/t14-,15-,17-,18-,19-,20-,24-,25-,48?/m1/s1. The van der Waals surface area contributed by atoms with Crippen molar-refractivity contribution in [2.75, 3.05) is 32.7 Å². The molecule has 2 aliphatic heterocycles. The summed E-state index contributed by atoms with van der Waals surface area (Å²) < 4.78 is 64.6. The number of phosphoric acid groups is 2. The maximum Gasteiger partial charge on any atom is 0.481 e. The van der Waals surface area contributed by atoms with Crippen molar-refractivity contribution in [3.05, 3.63) is 42.7 Å². The topological polar surface area (TPSA) is 299 Å². The van der Waals surface area contributed by atoms with Gasteiger partial charge >= 0.3 is 7.82 Å². The zero-order chi connectivity index (χ0) is 34.8. The lowest BCUT2D eigenvalue weighted by atomic mass is 10.1. The summed E-state index contributed by atoms with van der Waals surface area (Å²) in [6.07, 6.45) is -0.403. The molecule has 10 atom stereocenters. The summed E-state index contributed by atoms with van der Waals surface area (Å²) in [5.41, 5.74) is 11.6. The van der Waals surface area contributed by atoms with Gasteiger partial charge < -0.3 is 50.4 Å². The predicted molar refractivity (Wildman–Crippen MR) is 155 cm³/mol. The number of rotatable bonds is 14. The molecule has 3 aromatic heterocycles. The van der Waals surface area contributed by atoms with Crippen LogP contribution in [0, 0.1) is 12.3 Å². The highest BCUT2D eigenvalue weighted by Crippen LogP contribution is 2.61. The van der Waals surface area contributed by atoms with Crippen LogP contribution in [0.3, 0.4) is 0 Å². The second kappa shape index (κ2) is 14.6. The fourth-order valence-electron chi connectivity index (χ4n) is 4.96. The Labute approximate surface area is 271 Å². The lowest BCUT2D eigenvalue weighted by molar-refractivity contribution is -0.766. The monoisotopic (exact) mass is 715 g/mol. The number of amides is 1. The largest absolute Gasteiger partial charge is 0.756 e. The molecule has 5 heterocycles. The summed E-state index contributed by atoms with van der Waals surface area (Å²) in [4.78, 5) is 36.2. The average Bonchev–Trinajstić information content (AvgIpc) is 3.71. The van der Waals surface area contributed by atoms with Crippen LogP contribution in [-0.2, 0) is 41.2 Å². The Kier molecular flexibility index (Phi) is 10.9. The highest BCUT2D eigenvalue weighted by atomic mass is 31.3. The average molecular weight is 716 g/mol. The molecule has 5 rings (SSSR count). The van der Waals surface area contributed by atoms with Gasteiger partial charge in [0.2, 0.25) is 0 Å². The number of pyridine rings is 1. The van der Waals surface area contributed by atoms with Crippen LogP contribution in [0.4, 0.5) is 5.82 Å². The fourth-order valence-corrected chi connectivity index (χ4v) is 7.34. The van der Waals surface area contributed by atoms with Crippen LogP contribution in [-0.4, -0.2) is 104 Å². The minimum Gasteiger partial charge on any atom is -0.756 e. The molecular formula is C25H31N7O14P2. The molecule has 7 N–H and O–H groups in total. The third-order valence-electron chi connectivity index (χ3n) is 7.29. The summed E-state index contributed by atoms with van der Waals surface area (Å²) in [6.45, 7) is -1.88. The van der Waals surface area contributed by atoms with Crippen molar-refractivity contribution in [1.29, 1.82) is 0 Å². The summed E-state index contributed by atoms with van der Waals surface area (Å²) in [6, 6.07) is 2.95. The van der Waals surface area contributed by atoms with E-state index in [2.05, 4.69) is 25.2 Å². The van der Waals surface area contributed by atoms with E-state index in [4.69, 9.17) is 45.7 Å². The number of aromatic nitrogens is 5. The molecule has 2 saturated heterocycles. The minimum absolute atomic E-state index is 0.0562. The molecule has 21 nitrogen and oxygen atoms in total. The van der Waals surface area contributed by atoms with Crippen LogP contribution in [0.5, 0.6) is 0 Å². The van der Waals surface area contributed by atoms with Crippen molar-refractivity contribution in [1.82, 2.24) is 19.5 Å². The fraction of sp³-hybridized carbons (Fsp3) is 0.480. The van der Waals surface area contributed by atoms with Crippen molar-refractivity contribution >= 4 is 38.5 Å². The number of hydrogen-bond acceptors (Lipinski definition) is 18. The molecule has 0 bridgehead atoms. The van der Waals surface area contributed by atoms with E-state index in [1.165, 1.54) is 40.0 Å². The van der Waals surface area contributed by atoms with E-state index >= 15 is 0 Å². The number of primary amides is 1. The Morgan fingerprint density at radius 2 is 1.88 bits per heavy atom. The zero-order valence-electron chi connectivity index (χ0n) is 24.9.